The highest BCUT2D eigenvalue weighted by Gasteiger charge is 2.08. The smallest absolute Gasteiger partial charge is 0.330 e. The molecule has 0 spiro atoms. The predicted octanol–water partition coefficient (Wildman–Crippen LogP) is -0.0309. The number of amides is 1. The molecule has 1 rings (SSSR count). The zero-order valence-electron chi connectivity index (χ0n) is 12.1. The summed E-state index contributed by atoms with van der Waals surface area (Å²) in [4.78, 5) is 28.6. The predicted molar refractivity (Wildman–Crippen MR) is 78.1 cm³/mol. The van der Waals surface area contributed by atoms with Crippen molar-refractivity contribution < 1.29 is 19.4 Å². The summed E-state index contributed by atoms with van der Waals surface area (Å²) in [5.74, 6) is -0.821. The monoisotopic (exact) mass is 293 g/mol. The van der Waals surface area contributed by atoms with Crippen LogP contribution in [0, 0.1) is 0 Å². The molecule has 0 aromatic carbocycles. The molecule has 1 heterocycles. The summed E-state index contributed by atoms with van der Waals surface area (Å²) in [6.45, 7) is 0.692. The first-order valence-electron chi connectivity index (χ1n) is 6.39. The summed E-state index contributed by atoms with van der Waals surface area (Å²) in [7, 11) is 3.09. The quantitative estimate of drug-likeness (QED) is 0.542. The maximum absolute atomic E-state index is 11.9. The molecule has 2 N–H and O–H groups in total. The van der Waals surface area contributed by atoms with Gasteiger partial charge >= 0.3 is 5.97 Å². The van der Waals surface area contributed by atoms with Crippen molar-refractivity contribution in [3.05, 3.63) is 36.2 Å². The van der Waals surface area contributed by atoms with E-state index in [9.17, 15) is 9.59 Å². The van der Waals surface area contributed by atoms with Crippen LogP contribution in [0.4, 0.5) is 5.69 Å². The molecule has 0 radical (unpaired) electrons. The van der Waals surface area contributed by atoms with Crippen molar-refractivity contribution in [1.29, 1.82) is 0 Å². The first kappa shape index (κ1) is 16.6. The number of nitrogens with one attached hydrogen (secondary N) is 1. The largest absolute Gasteiger partial charge is 0.466 e. The number of ether oxygens (including phenoxy) is 1. The van der Waals surface area contributed by atoms with Crippen molar-refractivity contribution in [3.8, 4) is 0 Å². The van der Waals surface area contributed by atoms with Gasteiger partial charge in [-0.1, -0.05) is 6.08 Å². The molecule has 0 aliphatic carbocycles. The molecular formula is C14H19N3O4. The molecule has 0 aliphatic heterocycles. The first-order valence-corrected chi connectivity index (χ1v) is 6.39. The van der Waals surface area contributed by atoms with Crippen LogP contribution in [0.3, 0.4) is 0 Å². The number of aromatic nitrogens is 1. The third-order valence-corrected chi connectivity index (χ3v) is 2.69. The Morgan fingerprint density at radius 1 is 1.52 bits per heavy atom. The van der Waals surface area contributed by atoms with Gasteiger partial charge in [0.25, 0.3) is 5.91 Å². The molecule has 0 unspecified atom stereocenters. The van der Waals surface area contributed by atoms with Gasteiger partial charge in [0.2, 0.25) is 0 Å². The number of pyridine rings is 1. The van der Waals surface area contributed by atoms with E-state index in [-0.39, 0.29) is 24.8 Å². The number of anilines is 1. The van der Waals surface area contributed by atoms with E-state index in [0.29, 0.717) is 6.54 Å². The number of aliphatic hydroxyl groups is 1. The number of hydrogen-bond acceptors (Lipinski definition) is 6. The standard InChI is InChI=1S/C14H19N3O4/c1-17(8-9-18)11-5-7-15-12(10-11)14(20)16-6-3-4-13(19)21-2/h3-5,7,10,18H,6,8-9H2,1-2H3,(H,16,20). The highest BCUT2D eigenvalue weighted by Crippen LogP contribution is 2.12. The van der Waals surface area contributed by atoms with Gasteiger partial charge in [0, 0.05) is 38.1 Å². The van der Waals surface area contributed by atoms with E-state index in [1.165, 1.54) is 25.5 Å². The lowest BCUT2D eigenvalue weighted by molar-refractivity contribution is -0.134. The molecule has 114 valence electrons. The maximum Gasteiger partial charge on any atom is 0.330 e. The summed E-state index contributed by atoms with van der Waals surface area (Å²) in [5.41, 5.74) is 1.05. The number of methoxy groups -OCH3 is 1. The topological polar surface area (TPSA) is 91.8 Å². The molecule has 0 aliphatic rings. The van der Waals surface area contributed by atoms with Crippen LogP contribution in [-0.2, 0) is 9.53 Å². The fourth-order valence-corrected chi connectivity index (χ4v) is 1.53. The molecule has 0 saturated carbocycles. The molecule has 7 heteroatoms. The first-order chi connectivity index (χ1) is 10.1. The van der Waals surface area contributed by atoms with Gasteiger partial charge in [-0.05, 0) is 12.1 Å². The molecule has 1 aromatic heterocycles. The van der Waals surface area contributed by atoms with Gasteiger partial charge in [-0.3, -0.25) is 9.78 Å². The van der Waals surface area contributed by atoms with Crippen LogP contribution >= 0.6 is 0 Å². The van der Waals surface area contributed by atoms with Crippen molar-refractivity contribution >= 4 is 17.6 Å². The average molecular weight is 293 g/mol. The summed E-state index contributed by atoms with van der Waals surface area (Å²) in [6, 6.07) is 3.39. The van der Waals surface area contributed by atoms with E-state index in [1.54, 1.807) is 12.1 Å². The fraction of sp³-hybridized carbons (Fsp3) is 0.357. The van der Waals surface area contributed by atoms with Crippen molar-refractivity contribution in [2.45, 2.75) is 0 Å². The van der Waals surface area contributed by atoms with Gasteiger partial charge < -0.3 is 20.1 Å². The van der Waals surface area contributed by atoms with Crippen LogP contribution in [0.2, 0.25) is 0 Å². The van der Waals surface area contributed by atoms with Gasteiger partial charge in [-0.2, -0.15) is 0 Å². The van der Waals surface area contributed by atoms with Gasteiger partial charge in [-0.25, -0.2) is 4.79 Å². The summed E-state index contributed by atoms with van der Waals surface area (Å²) < 4.78 is 4.43. The van der Waals surface area contributed by atoms with Crippen molar-refractivity contribution in [3.63, 3.8) is 0 Å². The normalized spacial score (nSPS) is 10.4. The second kappa shape index (κ2) is 8.70. The summed E-state index contributed by atoms with van der Waals surface area (Å²) >= 11 is 0. The average Bonchev–Trinajstić information content (AvgIpc) is 2.51. The van der Waals surface area contributed by atoms with Crippen LogP contribution in [0.15, 0.2) is 30.5 Å². The van der Waals surface area contributed by atoms with Crippen LogP contribution in [0.5, 0.6) is 0 Å². The molecule has 0 bridgehead atoms. The summed E-state index contributed by atoms with van der Waals surface area (Å²) in [6.07, 6.45) is 4.26. The molecular weight excluding hydrogens is 274 g/mol. The van der Waals surface area contributed by atoms with Gasteiger partial charge in [0.05, 0.1) is 13.7 Å². The lowest BCUT2D eigenvalue weighted by Crippen LogP contribution is -2.26. The van der Waals surface area contributed by atoms with E-state index in [2.05, 4.69) is 15.0 Å². The zero-order chi connectivity index (χ0) is 15.7. The third kappa shape index (κ3) is 5.62. The number of likely N-dealkylation sites (N-methyl/N-ethyl adjacent to an activating group) is 1. The summed E-state index contributed by atoms with van der Waals surface area (Å²) in [5, 5.41) is 11.5. The Hall–Kier alpha value is -2.41. The number of aliphatic hydroxyl groups excluding tert-OH is 1. The fourth-order valence-electron chi connectivity index (χ4n) is 1.53. The van der Waals surface area contributed by atoms with E-state index in [1.807, 2.05) is 11.9 Å². The minimum absolute atomic E-state index is 0.0265. The molecule has 0 atom stereocenters. The van der Waals surface area contributed by atoms with Crippen LogP contribution in [0.1, 0.15) is 10.5 Å². The van der Waals surface area contributed by atoms with Crippen molar-refractivity contribution in [1.82, 2.24) is 10.3 Å². The van der Waals surface area contributed by atoms with Gasteiger partial charge in [-0.15, -0.1) is 0 Å². The van der Waals surface area contributed by atoms with E-state index in [0.717, 1.165) is 5.69 Å². The number of carbonyl (C=O) groups excluding carboxylic acids is 2. The number of carbonyl (C=O) groups is 2. The molecule has 1 amide bonds. The molecule has 0 fully saturated rings. The maximum atomic E-state index is 11.9. The lowest BCUT2D eigenvalue weighted by Gasteiger charge is -2.18. The number of rotatable bonds is 7. The Kier molecular flexibility index (Phi) is 6.90. The lowest BCUT2D eigenvalue weighted by atomic mass is 10.3. The molecule has 7 nitrogen and oxygen atoms in total. The minimum atomic E-state index is -0.477. The zero-order valence-corrected chi connectivity index (χ0v) is 12.1. The third-order valence-electron chi connectivity index (χ3n) is 2.69. The van der Waals surface area contributed by atoms with E-state index < -0.39 is 5.97 Å². The van der Waals surface area contributed by atoms with E-state index in [4.69, 9.17) is 5.11 Å². The van der Waals surface area contributed by atoms with Crippen LogP contribution in [-0.4, -0.2) is 55.8 Å². The number of esters is 1. The van der Waals surface area contributed by atoms with Crippen molar-refractivity contribution in [2.24, 2.45) is 0 Å². The highest BCUT2D eigenvalue weighted by atomic mass is 16.5. The Morgan fingerprint density at radius 3 is 2.95 bits per heavy atom. The highest BCUT2D eigenvalue weighted by molar-refractivity contribution is 5.93. The number of nitrogens with zero attached hydrogens (tertiary/aromatic N) is 2. The van der Waals surface area contributed by atoms with Crippen LogP contribution in [0.25, 0.3) is 0 Å². The second-order valence-corrected chi connectivity index (χ2v) is 4.18. The Labute approximate surface area is 123 Å². The Bertz CT molecular complexity index is 517. The number of hydrogen-bond donors (Lipinski definition) is 2. The van der Waals surface area contributed by atoms with Crippen LogP contribution < -0.4 is 10.2 Å². The molecule has 1 aromatic rings. The van der Waals surface area contributed by atoms with Gasteiger partial charge in [0.1, 0.15) is 5.69 Å². The second-order valence-electron chi connectivity index (χ2n) is 4.18. The Morgan fingerprint density at radius 2 is 2.29 bits per heavy atom. The van der Waals surface area contributed by atoms with Gasteiger partial charge in [0.15, 0.2) is 0 Å². The SMILES string of the molecule is COC(=O)C=CCNC(=O)c1cc(N(C)CCO)ccn1. The Balaban J connectivity index is 2.60. The molecule has 21 heavy (non-hydrogen) atoms. The molecule has 0 saturated heterocycles. The minimum Gasteiger partial charge on any atom is -0.466 e. The van der Waals surface area contributed by atoms with Crippen molar-refractivity contribution in [2.75, 3.05) is 38.8 Å². The van der Waals surface area contributed by atoms with E-state index >= 15 is 0 Å².